The molecule has 0 aliphatic carbocycles. The summed E-state index contributed by atoms with van der Waals surface area (Å²) in [5.41, 5.74) is 0. The van der Waals surface area contributed by atoms with Gasteiger partial charge in [-0.3, -0.25) is 0 Å². The highest BCUT2D eigenvalue weighted by Crippen LogP contribution is 2.21. The van der Waals surface area contributed by atoms with Gasteiger partial charge in [0.15, 0.2) is 0 Å². The summed E-state index contributed by atoms with van der Waals surface area (Å²) < 4.78 is 3.15. The van der Waals surface area contributed by atoms with E-state index in [1.807, 2.05) is 6.20 Å². The van der Waals surface area contributed by atoms with Crippen molar-refractivity contribution in [2.45, 2.75) is 19.4 Å². The van der Waals surface area contributed by atoms with Crippen LogP contribution in [0, 0.1) is 5.92 Å². The fourth-order valence-electron chi connectivity index (χ4n) is 2.29. The third kappa shape index (κ3) is 2.38. The highest BCUT2D eigenvalue weighted by atomic mass is 79.9. The van der Waals surface area contributed by atoms with Crippen molar-refractivity contribution in [2.24, 2.45) is 5.92 Å². The van der Waals surface area contributed by atoms with E-state index >= 15 is 0 Å². The lowest BCUT2D eigenvalue weighted by molar-refractivity contribution is 0.381. The van der Waals surface area contributed by atoms with E-state index in [1.165, 1.54) is 12.2 Å². The van der Waals surface area contributed by atoms with Gasteiger partial charge in [0.05, 0.1) is 4.47 Å². The van der Waals surface area contributed by atoms with Crippen LogP contribution in [0.1, 0.15) is 12.2 Å². The van der Waals surface area contributed by atoms with E-state index in [2.05, 4.69) is 47.0 Å². The Bertz CT molecular complexity index is 539. The predicted octanol–water partition coefficient (Wildman–Crippen LogP) is 2.11. The van der Waals surface area contributed by atoms with Gasteiger partial charge in [-0.15, -0.1) is 0 Å². The molecule has 1 aliphatic rings. The second kappa shape index (κ2) is 5.06. The Kier molecular flexibility index (Phi) is 3.27. The molecule has 2 aromatic rings. The maximum Gasteiger partial charge on any atom is 0.143 e. The first-order chi connectivity index (χ1) is 8.83. The number of anilines is 1. The number of hydrogen-bond donors (Lipinski definition) is 1. The first-order valence-electron chi connectivity index (χ1n) is 6.02. The van der Waals surface area contributed by atoms with Crippen LogP contribution in [0.2, 0.25) is 0 Å². The van der Waals surface area contributed by atoms with Crippen LogP contribution in [-0.4, -0.2) is 26.1 Å². The van der Waals surface area contributed by atoms with Crippen LogP contribution in [-0.2, 0) is 13.0 Å². The lowest BCUT2D eigenvalue weighted by Crippen LogP contribution is -2.26. The predicted molar refractivity (Wildman–Crippen MR) is 72.3 cm³/mol. The number of fused-ring (bicyclic) bond motifs is 1. The maximum atomic E-state index is 4.34. The Labute approximate surface area is 114 Å². The summed E-state index contributed by atoms with van der Waals surface area (Å²) in [5.74, 6) is 2.68. The fourth-order valence-corrected chi connectivity index (χ4v) is 2.65. The highest BCUT2D eigenvalue weighted by molar-refractivity contribution is 9.10. The van der Waals surface area contributed by atoms with Gasteiger partial charge in [0.1, 0.15) is 18.0 Å². The molecule has 0 bridgehead atoms. The molecule has 0 saturated carbocycles. The van der Waals surface area contributed by atoms with Crippen LogP contribution in [0.25, 0.3) is 0 Å². The second-order valence-corrected chi connectivity index (χ2v) is 5.36. The van der Waals surface area contributed by atoms with Gasteiger partial charge in [0.2, 0.25) is 0 Å². The molecular formula is C12H14BrN5. The minimum Gasteiger partial charge on any atom is -0.369 e. The van der Waals surface area contributed by atoms with Crippen molar-refractivity contribution < 1.29 is 0 Å². The van der Waals surface area contributed by atoms with Crippen molar-refractivity contribution in [3.05, 3.63) is 35.2 Å². The Morgan fingerprint density at radius 3 is 3.28 bits per heavy atom. The third-order valence-electron chi connectivity index (χ3n) is 3.26. The molecule has 3 rings (SSSR count). The van der Waals surface area contributed by atoms with Crippen molar-refractivity contribution in [1.29, 1.82) is 0 Å². The van der Waals surface area contributed by atoms with E-state index in [9.17, 15) is 0 Å². The summed E-state index contributed by atoms with van der Waals surface area (Å²) >= 11 is 3.44. The fraction of sp³-hybridized carbons (Fsp3) is 0.417. The van der Waals surface area contributed by atoms with Crippen LogP contribution in [0.15, 0.2) is 29.4 Å². The third-order valence-corrected chi connectivity index (χ3v) is 3.84. The van der Waals surface area contributed by atoms with Crippen LogP contribution < -0.4 is 5.32 Å². The quantitative estimate of drug-likeness (QED) is 0.943. The lowest BCUT2D eigenvalue weighted by Gasteiger charge is -2.24. The van der Waals surface area contributed by atoms with Gasteiger partial charge in [-0.05, 0) is 28.3 Å². The number of nitrogens with zero attached hydrogens (tertiary/aromatic N) is 4. The molecule has 0 radical (unpaired) electrons. The Balaban J connectivity index is 1.61. The number of halogens is 1. The van der Waals surface area contributed by atoms with E-state index in [0.717, 1.165) is 29.8 Å². The number of hydrogen-bond acceptors (Lipinski definition) is 4. The molecule has 3 heterocycles. The first kappa shape index (κ1) is 11.6. The molecule has 0 spiro atoms. The molecule has 0 aromatic carbocycles. The zero-order valence-electron chi connectivity index (χ0n) is 9.88. The van der Waals surface area contributed by atoms with Gasteiger partial charge >= 0.3 is 0 Å². The average Bonchev–Trinajstić information content (AvgIpc) is 2.85. The summed E-state index contributed by atoms with van der Waals surface area (Å²) in [7, 11) is 0. The molecular weight excluding hydrogens is 294 g/mol. The molecule has 1 atom stereocenters. The van der Waals surface area contributed by atoms with Crippen LogP contribution >= 0.6 is 15.9 Å². The van der Waals surface area contributed by atoms with Crippen LogP contribution in [0.4, 0.5) is 5.82 Å². The smallest absolute Gasteiger partial charge is 0.143 e. The Hall–Kier alpha value is -1.43. The highest BCUT2D eigenvalue weighted by Gasteiger charge is 2.18. The summed E-state index contributed by atoms with van der Waals surface area (Å²) in [5, 5.41) is 3.37. The van der Waals surface area contributed by atoms with E-state index in [4.69, 9.17) is 0 Å². The molecule has 6 heteroatoms. The number of nitrogens with one attached hydrogen (secondary N) is 1. The first-order valence-corrected chi connectivity index (χ1v) is 6.81. The minimum absolute atomic E-state index is 0.619. The number of imidazole rings is 1. The van der Waals surface area contributed by atoms with Gasteiger partial charge < -0.3 is 9.88 Å². The minimum atomic E-state index is 0.619. The van der Waals surface area contributed by atoms with Crippen LogP contribution in [0.3, 0.4) is 0 Å². The van der Waals surface area contributed by atoms with Gasteiger partial charge in [0, 0.05) is 38.1 Å². The molecule has 94 valence electrons. The van der Waals surface area contributed by atoms with Gasteiger partial charge in [-0.1, -0.05) is 0 Å². The molecule has 2 aromatic heterocycles. The normalized spacial score (nSPS) is 18.4. The molecule has 18 heavy (non-hydrogen) atoms. The van der Waals surface area contributed by atoms with Crippen molar-refractivity contribution in [2.75, 3.05) is 11.9 Å². The Morgan fingerprint density at radius 2 is 2.39 bits per heavy atom. The lowest BCUT2D eigenvalue weighted by atomic mass is 9.99. The largest absolute Gasteiger partial charge is 0.369 e. The van der Waals surface area contributed by atoms with Crippen LogP contribution in [0.5, 0.6) is 0 Å². The van der Waals surface area contributed by atoms with Gasteiger partial charge in [0.25, 0.3) is 0 Å². The van der Waals surface area contributed by atoms with E-state index in [-0.39, 0.29) is 0 Å². The monoisotopic (exact) mass is 307 g/mol. The zero-order chi connectivity index (χ0) is 12.4. The summed E-state index contributed by atoms with van der Waals surface area (Å²) in [4.78, 5) is 12.5. The van der Waals surface area contributed by atoms with Crippen molar-refractivity contribution in [1.82, 2.24) is 19.5 Å². The second-order valence-electron chi connectivity index (χ2n) is 4.50. The molecule has 0 amide bonds. The average molecular weight is 308 g/mol. The van der Waals surface area contributed by atoms with Crippen molar-refractivity contribution >= 4 is 21.7 Å². The van der Waals surface area contributed by atoms with Crippen molar-refractivity contribution in [3.8, 4) is 0 Å². The SMILES string of the molecule is Brc1cncnc1NCC1CCc2nccn2C1. The van der Waals surface area contributed by atoms with E-state index < -0.39 is 0 Å². The molecule has 1 aliphatic heterocycles. The summed E-state index contributed by atoms with van der Waals surface area (Å²) in [6.45, 7) is 1.96. The molecule has 1 N–H and O–H groups in total. The topological polar surface area (TPSA) is 55.6 Å². The van der Waals surface area contributed by atoms with E-state index in [0.29, 0.717) is 5.92 Å². The molecule has 1 unspecified atom stereocenters. The number of aromatic nitrogens is 4. The number of rotatable bonds is 3. The molecule has 0 saturated heterocycles. The Morgan fingerprint density at radius 1 is 1.44 bits per heavy atom. The molecule has 5 nitrogen and oxygen atoms in total. The molecule has 0 fully saturated rings. The van der Waals surface area contributed by atoms with E-state index in [1.54, 1.807) is 12.5 Å². The maximum absolute atomic E-state index is 4.34. The standard InChI is InChI=1S/C12H14BrN5/c13-10-6-14-8-17-12(10)16-5-9-1-2-11-15-3-4-18(11)7-9/h3-4,6,8-9H,1-2,5,7H2,(H,14,16,17). The number of aryl methyl sites for hydroxylation is 1. The summed E-state index contributed by atoms with van der Waals surface area (Å²) in [6, 6.07) is 0. The zero-order valence-corrected chi connectivity index (χ0v) is 11.5. The van der Waals surface area contributed by atoms with Gasteiger partial charge in [-0.2, -0.15) is 0 Å². The summed E-state index contributed by atoms with van der Waals surface area (Å²) in [6.07, 6.45) is 9.48. The van der Waals surface area contributed by atoms with Crippen molar-refractivity contribution in [3.63, 3.8) is 0 Å². The van der Waals surface area contributed by atoms with Gasteiger partial charge in [-0.25, -0.2) is 15.0 Å².